The molecule has 1 atom stereocenters. The highest BCUT2D eigenvalue weighted by atomic mass is 35.5. The second-order valence-electron chi connectivity index (χ2n) is 5.27. The molecule has 21 heavy (non-hydrogen) atoms. The molecule has 114 valence electrons. The number of aromatic nitrogens is 2. The summed E-state index contributed by atoms with van der Waals surface area (Å²) < 4.78 is 7.40. The van der Waals surface area contributed by atoms with Crippen molar-refractivity contribution in [2.24, 2.45) is 0 Å². The Bertz CT molecular complexity index is 595. The number of hydrogen-bond acceptors (Lipinski definition) is 3. The summed E-state index contributed by atoms with van der Waals surface area (Å²) in [6, 6.07) is 8.39. The molecule has 1 aromatic heterocycles. The lowest BCUT2D eigenvalue weighted by Crippen LogP contribution is -2.24. The Balaban J connectivity index is 2.35. The highest BCUT2D eigenvalue weighted by Crippen LogP contribution is 2.30. The number of hydrogen-bond donors (Lipinski definition) is 1. The molecule has 1 aromatic carbocycles. The SMILES string of the molecule is CNC(Cc1ccccc1OC)c1c(Cl)cnn1C(C)C. The number of halogens is 1. The summed E-state index contributed by atoms with van der Waals surface area (Å²) in [5.74, 6) is 0.893. The lowest BCUT2D eigenvalue weighted by molar-refractivity contribution is 0.403. The Hall–Kier alpha value is -1.52. The first-order chi connectivity index (χ1) is 10.1. The van der Waals surface area contributed by atoms with Crippen LogP contribution in [-0.4, -0.2) is 23.9 Å². The summed E-state index contributed by atoms with van der Waals surface area (Å²) >= 11 is 6.35. The summed E-state index contributed by atoms with van der Waals surface area (Å²) in [6.45, 7) is 4.20. The zero-order valence-corrected chi connectivity index (χ0v) is 13.7. The molecule has 0 saturated carbocycles. The van der Waals surface area contributed by atoms with E-state index in [0.29, 0.717) is 5.02 Å². The van der Waals surface area contributed by atoms with E-state index in [0.717, 1.165) is 23.4 Å². The number of rotatable bonds is 6. The van der Waals surface area contributed by atoms with Gasteiger partial charge in [0.2, 0.25) is 0 Å². The van der Waals surface area contributed by atoms with E-state index < -0.39 is 0 Å². The van der Waals surface area contributed by atoms with Crippen LogP contribution in [0.3, 0.4) is 0 Å². The Labute approximate surface area is 131 Å². The van der Waals surface area contributed by atoms with E-state index in [2.05, 4.69) is 30.3 Å². The number of likely N-dealkylation sites (N-methyl/N-ethyl adjacent to an activating group) is 1. The highest BCUT2D eigenvalue weighted by molar-refractivity contribution is 6.31. The summed E-state index contributed by atoms with van der Waals surface area (Å²) in [7, 11) is 3.63. The van der Waals surface area contributed by atoms with Gasteiger partial charge in [-0.05, 0) is 38.9 Å². The third kappa shape index (κ3) is 3.39. The van der Waals surface area contributed by atoms with Crippen molar-refractivity contribution in [1.82, 2.24) is 15.1 Å². The van der Waals surface area contributed by atoms with Crippen LogP contribution in [0.4, 0.5) is 0 Å². The lowest BCUT2D eigenvalue weighted by Gasteiger charge is -2.21. The summed E-state index contributed by atoms with van der Waals surface area (Å²) in [6.07, 6.45) is 2.50. The molecule has 2 aromatic rings. The molecule has 1 heterocycles. The van der Waals surface area contributed by atoms with Gasteiger partial charge in [0.1, 0.15) is 5.75 Å². The predicted octanol–water partition coefficient (Wildman–Crippen LogP) is 3.63. The largest absolute Gasteiger partial charge is 0.496 e. The molecule has 4 nitrogen and oxygen atoms in total. The number of benzene rings is 1. The molecule has 0 aliphatic carbocycles. The standard InChI is InChI=1S/C16H22ClN3O/c1-11(2)20-16(13(17)10-19-20)14(18-3)9-12-7-5-6-8-15(12)21-4/h5-8,10-11,14,18H,9H2,1-4H3. The van der Waals surface area contributed by atoms with E-state index in [4.69, 9.17) is 16.3 Å². The quantitative estimate of drug-likeness (QED) is 0.886. The van der Waals surface area contributed by atoms with Crippen molar-refractivity contribution in [2.75, 3.05) is 14.2 Å². The van der Waals surface area contributed by atoms with E-state index in [1.54, 1.807) is 13.3 Å². The van der Waals surface area contributed by atoms with E-state index in [1.807, 2.05) is 29.9 Å². The van der Waals surface area contributed by atoms with Crippen LogP contribution in [0.2, 0.25) is 5.02 Å². The molecule has 0 saturated heterocycles. The molecule has 0 bridgehead atoms. The fourth-order valence-corrected chi connectivity index (χ4v) is 2.78. The first-order valence-electron chi connectivity index (χ1n) is 7.10. The van der Waals surface area contributed by atoms with E-state index in [-0.39, 0.29) is 12.1 Å². The first kappa shape index (κ1) is 15.9. The molecule has 0 fully saturated rings. The monoisotopic (exact) mass is 307 g/mol. The molecule has 1 unspecified atom stereocenters. The number of nitrogens with zero attached hydrogens (tertiary/aromatic N) is 2. The molecule has 0 spiro atoms. The van der Waals surface area contributed by atoms with Crippen molar-refractivity contribution in [3.63, 3.8) is 0 Å². The molecular weight excluding hydrogens is 286 g/mol. The number of para-hydroxylation sites is 1. The van der Waals surface area contributed by atoms with Gasteiger partial charge in [0.05, 0.1) is 30.1 Å². The average Bonchev–Trinajstić information content (AvgIpc) is 2.87. The van der Waals surface area contributed by atoms with Crippen molar-refractivity contribution < 1.29 is 4.74 Å². The average molecular weight is 308 g/mol. The van der Waals surface area contributed by atoms with Crippen LogP contribution < -0.4 is 10.1 Å². The Morgan fingerprint density at radius 2 is 2.05 bits per heavy atom. The fourth-order valence-electron chi connectivity index (χ4n) is 2.52. The van der Waals surface area contributed by atoms with Crippen LogP contribution in [0, 0.1) is 0 Å². The normalized spacial score (nSPS) is 12.7. The van der Waals surface area contributed by atoms with E-state index >= 15 is 0 Å². The van der Waals surface area contributed by atoms with Gasteiger partial charge in [0.15, 0.2) is 0 Å². The summed E-state index contributed by atoms with van der Waals surface area (Å²) in [4.78, 5) is 0. The molecule has 5 heteroatoms. The van der Waals surface area contributed by atoms with Crippen molar-refractivity contribution >= 4 is 11.6 Å². The number of nitrogens with one attached hydrogen (secondary N) is 1. The number of ether oxygens (including phenoxy) is 1. The third-order valence-electron chi connectivity index (χ3n) is 3.57. The Morgan fingerprint density at radius 1 is 1.33 bits per heavy atom. The van der Waals surface area contributed by atoms with Gasteiger partial charge in [-0.25, -0.2) is 0 Å². The molecule has 0 aliphatic rings. The first-order valence-corrected chi connectivity index (χ1v) is 7.48. The van der Waals surface area contributed by atoms with Crippen molar-refractivity contribution in [3.8, 4) is 5.75 Å². The minimum atomic E-state index is 0.0821. The van der Waals surface area contributed by atoms with Gasteiger partial charge in [0, 0.05) is 6.04 Å². The van der Waals surface area contributed by atoms with Gasteiger partial charge in [-0.3, -0.25) is 4.68 Å². The zero-order chi connectivity index (χ0) is 15.4. The smallest absolute Gasteiger partial charge is 0.122 e. The Morgan fingerprint density at radius 3 is 2.67 bits per heavy atom. The maximum Gasteiger partial charge on any atom is 0.122 e. The van der Waals surface area contributed by atoms with Gasteiger partial charge >= 0.3 is 0 Å². The van der Waals surface area contributed by atoms with Gasteiger partial charge in [-0.2, -0.15) is 5.10 Å². The molecule has 0 aliphatic heterocycles. The maximum absolute atomic E-state index is 6.35. The topological polar surface area (TPSA) is 39.1 Å². The van der Waals surface area contributed by atoms with Crippen molar-refractivity contribution in [1.29, 1.82) is 0 Å². The minimum absolute atomic E-state index is 0.0821. The summed E-state index contributed by atoms with van der Waals surface area (Å²) in [5.41, 5.74) is 2.16. The second-order valence-corrected chi connectivity index (χ2v) is 5.68. The van der Waals surface area contributed by atoms with Gasteiger partial charge in [-0.1, -0.05) is 29.8 Å². The van der Waals surface area contributed by atoms with Crippen molar-refractivity contribution in [3.05, 3.63) is 46.7 Å². The van der Waals surface area contributed by atoms with Gasteiger partial charge in [-0.15, -0.1) is 0 Å². The van der Waals surface area contributed by atoms with Crippen LogP contribution in [0.15, 0.2) is 30.5 Å². The Kier molecular flexibility index (Phi) is 5.26. The highest BCUT2D eigenvalue weighted by Gasteiger charge is 2.21. The zero-order valence-electron chi connectivity index (χ0n) is 12.9. The minimum Gasteiger partial charge on any atom is -0.496 e. The van der Waals surface area contributed by atoms with E-state index in [9.17, 15) is 0 Å². The van der Waals surface area contributed by atoms with Crippen LogP contribution in [0.5, 0.6) is 5.75 Å². The maximum atomic E-state index is 6.35. The van der Waals surface area contributed by atoms with Crippen LogP contribution in [0.25, 0.3) is 0 Å². The predicted molar refractivity (Wildman–Crippen MR) is 86.1 cm³/mol. The summed E-state index contributed by atoms with van der Waals surface area (Å²) in [5, 5.41) is 8.41. The lowest BCUT2D eigenvalue weighted by atomic mass is 10.0. The molecule has 2 rings (SSSR count). The molecular formula is C16H22ClN3O. The fraction of sp³-hybridized carbons (Fsp3) is 0.438. The van der Waals surface area contributed by atoms with Crippen LogP contribution in [0.1, 0.15) is 37.2 Å². The van der Waals surface area contributed by atoms with E-state index in [1.165, 1.54) is 0 Å². The molecule has 0 amide bonds. The van der Waals surface area contributed by atoms with Crippen LogP contribution in [-0.2, 0) is 6.42 Å². The number of methoxy groups -OCH3 is 1. The molecule has 1 N–H and O–H groups in total. The van der Waals surface area contributed by atoms with Crippen LogP contribution >= 0.6 is 11.6 Å². The van der Waals surface area contributed by atoms with Gasteiger partial charge in [0.25, 0.3) is 0 Å². The molecule has 0 radical (unpaired) electrons. The third-order valence-corrected chi connectivity index (χ3v) is 3.86. The second kappa shape index (κ2) is 6.96. The van der Waals surface area contributed by atoms with Gasteiger partial charge < -0.3 is 10.1 Å². The van der Waals surface area contributed by atoms with Crippen molar-refractivity contribution in [2.45, 2.75) is 32.4 Å².